The van der Waals surface area contributed by atoms with Crippen molar-refractivity contribution in [1.82, 2.24) is 10.6 Å². The Kier molecular flexibility index (Phi) is 4.18. The first kappa shape index (κ1) is 14.4. The third-order valence-electron chi connectivity index (χ3n) is 4.62. The van der Waals surface area contributed by atoms with Crippen LogP contribution in [0, 0.1) is 5.92 Å². The quantitative estimate of drug-likeness (QED) is 0.643. The van der Waals surface area contributed by atoms with Crippen LogP contribution in [0.5, 0.6) is 0 Å². The monoisotopic (exact) mass is 285 g/mol. The van der Waals surface area contributed by atoms with E-state index in [4.69, 9.17) is 0 Å². The van der Waals surface area contributed by atoms with Gasteiger partial charge in [-0.2, -0.15) is 0 Å². The van der Waals surface area contributed by atoms with Gasteiger partial charge in [-0.3, -0.25) is 4.99 Å². The molecule has 0 radical (unpaired) electrons. The molecule has 114 valence electrons. The van der Waals surface area contributed by atoms with Gasteiger partial charge in [0.1, 0.15) is 0 Å². The van der Waals surface area contributed by atoms with Gasteiger partial charge in [0.05, 0.1) is 0 Å². The predicted molar refractivity (Wildman–Crippen MR) is 88.9 cm³/mol. The molecule has 2 aliphatic carbocycles. The largest absolute Gasteiger partial charge is 0.356 e. The zero-order valence-corrected chi connectivity index (χ0v) is 13.4. The molecule has 2 saturated carbocycles. The van der Waals surface area contributed by atoms with Gasteiger partial charge in [-0.1, -0.05) is 38.1 Å². The fourth-order valence-electron chi connectivity index (χ4n) is 2.78. The fraction of sp³-hybridized carbons (Fsp3) is 0.611. The average molecular weight is 285 g/mol. The molecule has 0 amide bonds. The summed E-state index contributed by atoms with van der Waals surface area (Å²) in [6.45, 7) is 5.55. The molecule has 0 heterocycles. The van der Waals surface area contributed by atoms with E-state index in [2.05, 4.69) is 53.7 Å². The minimum absolute atomic E-state index is 0.542. The number of nitrogens with zero attached hydrogens (tertiary/aromatic N) is 1. The van der Waals surface area contributed by atoms with Crippen molar-refractivity contribution in [3.8, 4) is 0 Å². The predicted octanol–water partition coefficient (Wildman–Crippen LogP) is 3.24. The van der Waals surface area contributed by atoms with Gasteiger partial charge in [0.15, 0.2) is 5.96 Å². The summed E-state index contributed by atoms with van der Waals surface area (Å²) < 4.78 is 0. The smallest absolute Gasteiger partial charge is 0.191 e. The van der Waals surface area contributed by atoms with Crippen molar-refractivity contribution in [2.24, 2.45) is 10.9 Å². The average Bonchev–Trinajstić information content (AvgIpc) is 3.38. The van der Waals surface area contributed by atoms with Crippen LogP contribution in [0.4, 0.5) is 0 Å². The van der Waals surface area contributed by atoms with Crippen LogP contribution in [0.25, 0.3) is 0 Å². The molecule has 2 aliphatic rings. The molecule has 1 aromatic carbocycles. The third-order valence-corrected chi connectivity index (χ3v) is 4.62. The number of benzene rings is 1. The van der Waals surface area contributed by atoms with Crippen LogP contribution in [0.15, 0.2) is 29.3 Å². The first-order valence-electron chi connectivity index (χ1n) is 8.24. The van der Waals surface area contributed by atoms with E-state index in [1.165, 1.54) is 30.4 Å². The lowest BCUT2D eigenvalue weighted by atomic mass is 10.0. The first-order chi connectivity index (χ1) is 10.2. The fourth-order valence-corrected chi connectivity index (χ4v) is 2.78. The molecular weight excluding hydrogens is 258 g/mol. The summed E-state index contributed by atoms with van der Waals surface area (Å²) in [7, 11) is 1.86. The zero-order valence-electron chi connectivity index (χ0n) is 13.4. The van der Waals surface area contributed by atoms with Gasteiger partial charge in [0.25, 0.3) is 0 Å². The highest BCUT2D eigenvalue weighted by atomic mass is 15.2. The molecular formula is C18H27N3. The van der Waals surface area contributed by atoms with Crippen LogP contribution in [0.1, 0.15) is 56.1 Å². The molecule has 21 heavy (non-hydrogen) atoms. The Morgan fingerprint density at radius 2 is 1.95 bits per heavy atom. The number of aliphatic imine (C=N–C) groups is 1. The Hall–Kier alpha value is -1.51. The molecule has 0 aromatic heterocycles. The molecule has 0 saturated heterocycles. The molecule has 2 fully saturated rings. The van der Waals surface area contributed by atoms with Gasteiger partial charge in [0, 0.05) is 25.6 Å². The molecule has 3 nitrogen and oxygen atoms in total. The Morgan fingerprint density at radius 1 is 1.24 bits per heavy atom. The van der Waals surface area contributed by atoms with E-state index < -0.39 is 0 Å². The van der Waals surface area contributed by atoms with E-state index in [-0.39, 0.29) is 0 Å². The lowest BCUT2D eigenvalue weighted by Crippen LogP contribution is -2.39. The van der Waals surface area contributed by atoms with Gasteiger partial charge in [-0.05, 0) is 42.2 Å². The van der Waals surface area contributed by atoms with E-state index in [0.29, 0.717) is 17.9 Å². The van der Waals surface area contributed by atoms with Crippen LogP contribution in [-0.2, 0) is 0 Å². The van der Waals surface area contributed by atoms with Gasteiger partial charge in [-0.15, -0.1) is 0 Å². The number of nitrogens with one attached hydrogen (secondary N) is 2. The maximum Gasteiger partial charge on any atom is 0.191 e. The SMILES string of the molecule is CN=C(NCC1CC1)NC1CC1c1ccc(C(C)C)cc1. The summed E-state index contributed by atoms with van der Waals surface area (Å²) in [4.78, 5) is 4.33. The molecule has 0 spiro atoms. The Balaban J connectivity index is 1.50. The van der Waals surface area contributed by atoms with Crippen molar-refractivity contribution in [2.75, 3.05) is 13.6 Å². The van der Waals surface area contributed by atoms with Gasteiger partial charge >= 0.3 is 0 Å². The van der Waals surface area contributed by atoms with Gasteiger partial charge in [0.2, 0.25) is 0 Å². The standard InChI is InChI=1S/C18H27N3/c1-12(2)14-6-8-15(9-7-14)16-10-17(16)21-18(19-3)20-11-13-4-5-13/h6-9,12-13,16-17H,4-5,10-11H2,1-3H3,(H2,19,20,21). The van der Waals surface area contributed by atoms with E-state index in [9.17, 15) is 0 Å². The molecule has 3 heteroatoms. The lowest BCUT2D eigenvalue weighted by molar-refractivity contribution is 0.731. The number of rotatable bonds is 5. The van der Waals surface area contributed by atoms with Crippen LogP contribution in [0.3, 0.4) is 0 Å². The van der Waals surface area contributed by atoms with Crippen molar-refractivity contribution in [1.29, 1.82) is 0 Å². The summed E-state index contributed by atoms with van der Waals surface area (Å²) in [5, 5.41) is 6.99. The normalized spacial score (nSPS) is 25.0. The summed E-state index contributed by atoms with van der Waals surface area (Å²) in [6.07, 6.45) is 3.96. The molecule has 3 rings (SSSR count). The minimum atomic E-state index is 0.542. The highest BCUT2D eigenvalue weighted by Gasteiger charge is 2.39. The third kappa shape index (κ3) is 3.78. The lowest BCUT2D eigenvalue weighted by Gasteiger charge is -2.11. The maximum absolute atomic E-state index is 4.33. The molecule has 0 aliphatic heterocycles. The zero-order chi connectivity index (χ0) is 14.8. The highest BCUT2D eigenvalue weighted by Crippen LogP contribution is 2.41. The summed E-state index contributed by atoms with van der Waals surface area (Å²) in [5.74, 6) is 3.10. The first-order valence-corrected chi connectivity index (χ1v) is 8.24. The molecule has 2 atom stereocenters. The second kappa shape index (κ2) is 6.08. The topological polar surface area (TPSA) is 36.4 Å². The van der Waals surface area contributed by atoms with E-state index in [1.807, 2.05) is 7.05 Å². The van der Waals surface area contributed by atoms with Crippen molar-refractivity contribution in [2.45, 2.75) is 51.0 Å². The summed E-state index contributed by atoms with van der Waals surface area (Å²) in [5.41, 5.74) is 2.88. The van der Waals surface area contributed by atoms with Crippen LogP contribution >= 0.6 is 0 Å². The Labute approximate surface area is 128 Å². The van der Waals surface area contributed by atoms with Crippen LogP contribution in [-0.4, -0.2) is 25.6 Å². The molecule has 0 bridgehead atoms. The van der Waals surface area contributed by atoms with Crippen molar-refractivity contribution in [3.05, 3.63) is 35.4 Å². The van der Waals surface area contributed by atoms with Gasteiger partial charge < -0.3 is 10.6 Å². The number of guanidine groups is 1. The highest BCUT2D eigenvalue weighted by molar-refractivity contribution is 5.80. The van der Waals surface area contributed by atoms with Crippen molar-refractivity contribution < 1.29 is 0 Å². The van der Waals surface area contributed by atoms with Gasteiger partial charge in [-0.25, -0.2) is 0 Å². The summed E-state index contributed by atoms with van der Waals surface area (Å²) in [6, 6.07) is 9.68. The van der Waals surface area contributed by atoms with E-state index in [0.717, 1.165) is 18.4 Å². The summed E-state index contributed by atoms with van der Waals surface area (Å²) >= 11 is 0. The number of hydrogen-bond acceptors (Lipinski definition) is 1. The second-order valence-corrected chi connectivity index (χ2v) is 6.81. The Morgan fingerprint density at radius 3 is 2.52 bits per heavy atom. The van der Waals surface area contributed by atoms with Crippen molar-refractivity contribution in [3.63, 3.8) is 0 Å². The van der Waals surface area contributed by atoms with Crippen LogP contribution < -0.4 is 10.6 Å². The molecule has 2 unspecified atom stereocenters. The minimum Gasteiger partial charge on any atom is -0.356 e. The van der Waals surface area contributed by atoms with Crippen LogP contribution in [0.2, 0.25) is 0 Å². The van der Waals surface area contributed by atoms with E-state index in [1.54, 1.807) is 0 Å². The molecule has 1 aromatic rings. The number of hydrogen-bond donors (Lipinski definition) is 2. The molecule has 2 N–H and O–H groups in total. The van der Waals surface area contributed by atoms with E-state index >= 15 is 0 Å². The maximum atomic E-state index is 4.33. The second-order valence-electron chi connectivity index (χ2n) is 6.81. The Bertz CT molecular complexity index is 500. The van der Waals surface area contributed by atoms with Crippen molar-refractivity contribution >= 4 is 5.96 Å².